The lowest BCUT2D eigenvalue weighted by Gasteiger charge is -2.35. The standard InChI is InChI=1S/C27H26ClF2N7O4/c1-32-15-22(38)36-8-10-37(11-9-36)27(40)17-4-3-16(13-19(17)28)34-26(39)25-33-14-20(35(25)2)18-5-6-21(41-12-7-31)24(30)23(18)29/h3-6,13-14,32H,8-12,15H2,1-2H3,(H,34,39). The second-order valence-electron chi connectivity index (χ2n) is 9.06. The average Bonchev–Trinajstić information content (AvgIpc) is 3.34. The summed E-state index contributed by atoms with van der Waals surface area (Å²) in [7, 11) is 3.16. The molecule has 0 bridgehead atoms. The molecular weight excluding hydrogens is 560 g/mol. The van der Waals surface area contributed by atoms with E-state index in [9.17, 15) is 23.2 Å². The molecule has 0 spiro atoms. The number of ether oxygens (including phenoxy) is 1. The van der Waals surface area contributed by atoms with E-state index in [0.29, 0.717) is 31.9 Å². The summed E-state index contributed by atoms with van der Waals surface area (Å²) in [6.45, 7) is 1.35. The monoisotopic (exact) mass is 585 g/mol. The normalized spacial score (nSPS) is 13.1. The van der Waals surface area contributed by atoms with Crippen molar-refractivity contribution in [1.82, 2.24) is 24.7 Å². The van der Waals surface area contributed by atoms with Gasteiger partial charge in [-0.25, -0.2) is 9.37 Å². The Hall–Kier alpha value is -4.54. The van der Waals surface area contributed by atoms with Crippen molar-refractivity contribution in [3.8, 4) is 23.1 Å². The van der Waals surface area contributed by atoms with Crippen LogP contribution >= 0.6 is 11.6 Å². The number of nitriles is 1. The van der Waals surface area contributed by atoms with E-state index in [1.165, 1.54) is 48.1 Å². The maximum Gasteiger partial charge on any atom is 0.291 e. The summed E-state index contributed by atoms with van der Waals surface area (Å²) in [6.07, 6.45) is 1.23. The molecule has 11 nitrogen and oxygen atoms in total. The molecule has 2 N–H and O–H groups in total. The average molecular weight is 586 g/mol. The predicted octanol–water partition coefficient (Wildman–Crippen LogP) is 2.68. The fourth-order valence-electron chi connectivity index (χ4n) is 4.37. The molecule has 14 heteroatoms. The third-order valence-electron chi connectivity index (χ3n) is 6.51. The van der Waals surface area contributed by atoms with Gasteiger partial charge in [-0.3, -0.25) is 14.4 Å². The molecule has 2 aromatic carbocycles. The van der Waals surface area contributed by atoms with Gasteiger partial charge in [-0.05, 0) is 37.4 Å². The van der Waals surface area contributed by atoms with Crippen LogP contribution in [0, 0.1) is 23.0 Å². The van der Waals surface area contributed by atoms with E-state index in [2.05, 4.69) is 15.6 Å². The number of halogens is 3. The van der Waals surface area contributed by atoms with Crippen molar-refractivity contribution in [2.75, 3.05) is 51.7 Å². The molecule has 4 rings (SSSR count). The van der Waals surface area contributed by atoms with Crippen molar-refractivity contribution >= 4 is 35.0 Å². The Bertz CT molecular complexity index is 1530. The fourth-order valence-corrected chi connectivity index (χ4v) is 4.63. The number of imidazole rings is 1. The molecule has 1 aliphatic rings. The summed E-state index contributed by atoms with van der Waals surface area (Å²) in [4.78, 5) is 45.4. The lowest BCUT2D eigenvalue weighted by atomic mass is 10.1. The van der Waals surface area contributed by atoms with Gasteiger partial charge in [0.2, 0.25) is 11.7 Å². The van der Waals surface area contributed by atoms with Crippen molar-refractivity contribution in [1.29, 1.82) is 5.26 Å². The minimum atomic E-state index is -1.27. The Kier molecular flexibility index (Phi) is 9.16. The zero-order valence-electron chi connectivity index (χ0n) is 22.2. The smallest absolute Gasteiger partial charge is 0.291 e. The molecule has 1 aromatic heterocycles. The molecule has 0 unspecified atom stereocenters. The topological polar surface area (TPSA) is 133 Å². The highest BCUT2D eigenvalue weighted by Gasteiger charge is 2.26. The molecule has 1 saturated heterocycles. The Morgan fingerprint density at radius 2 is 1.80 bits per heavy atom. The summed E-state index contributed by atoms with van der Waals surface area (Å²) >= 11 is 6.39. The number of carbonyl (C=O) groups excluding carboxylic acids is 3. The van der Waals surface area contributed by atoms with E-state index in [1.807, 2.05) is 0 Å². The third kappa shape index (κ3) is 6.29. The number of amides is 3. The van der Waals surface area contributed by atoms with Crippen LogP contribution in [-0.2, 0) is 11.8 Å². The Morgan fingerprint density at radius 1 is 1.10 bits per heavy atom. The van der Waals surface area contributed by atoms with Gasteiger partial charge in [-0.1, -0.05) is 11.6 Å². The maximum atomic E-state index is 14.7. The first-order valence-electron chi connectivity index (χ1n) is 12.5. The van der Waals surface area contributed by atoms with E-state index in [0.717, 1.165) is 0 Å². The summed E-state index contributed by atoms with van der Waals surface area (Å²) in [5.41, 5.74) is 0.516. The number of anilines is 1. The van der Waals surface area contributed by atoms with Crippen molar-refractivity contribution in [2.24, 2.45) is 7.05 Å². The number of nitrogens with one attached hydrogen (secondary N) is 2. The van der Waals surface area contributed by atoms with E-state index >= 15 is 0 Å². The zero-order chi connectivity index (χ0) is 29.7. The summed E-state index contributed by atoms with van der Waals surface area (Å²) in [6, 6.07) is 8.57. The highest BCUT2D eigenvalue weighted by Crippen LogP contribution is 2.30. The maximum absolute atomic E-state index is 14.7. The van der Waals surface area contributed by atoms with E-state index in [1.54, 1.807) is 22.9 Å². The van der Waals surface area contributed by atoms with Gasteiger partial charge in [0, 0.05) is 44.5 Å². The van der Waals surface area contributed by atoms with Crippen LogP contribution in [0.15, 0.2) is 36.5 Å². The number of aromatic nitrogens is 2. The highest BCUT2D eigenvalue weighted by molar-refractivity contribution is 6.34. The van der Waals surface area contributed by atoms with Gasteiger partial charge in [0.05, 0.1) is 29.0 Å². The number of likely N-dealkylation sites (N-methyl/N-ethyl adjacent to an activating group) is 1. The summed E-state index contributed by atoms with van der Waals surface area (Å²) in [5.74, 6) is -3.95. The van der Waals surface area contributed by atoms with E-state index in [-0.39, 0.29) is 46.0 Å². The fraction of sp³-hybridized carbons (Fsp3) is 0.296. The van der Waals surface area contributed by atoms with Gasteiger partial charge in [-0.2, -0.15) is 9.65 Å². The number of rotatable bonds is 8. The summed E-state index contributed by atoms with van der Waals surface area (Å²) in [5, 5.41) is 14.2. The van der Waals surface area contributed by atoms with Gasteiger partial charge in [0.1, 0.15) is 6.07 Å². The van der Waals surface area contributed by atoms with Crippen LogP contribution in [-0.4, -0.2) is 83.5 Å². The number of nitrogens with zero attached hydrogens (tertiary/aromatic N) is 5. The molecule has 3 aromatic rings. The van der Waals surface area contributed by atoms with Crippen LogP contribution in [0.2, 0.25) is 5.02 Å². The van der Waals surface area contributed by atoms with Gasteiger partial charge < -0.3 is 29.7 Å². The lowest BCUT2D eigenvalue weighted by Crippen LogP contribution is -2.52. The Labute approximate surface area is 239 Å². The molecular formula is C27H26ClF2N7O4. The van der Waals surface area contributed by atoms with Crippen LogP contribution in [0.1, 0.15) is 21.0 Å². The highest BCUT2D eigenvalue weighted by atomic mass is 35.5. The molecule has 2 heterocycles. The third-order valence-corrected chi connectivity index (χ3v) is 6.82. The Balaban J connectivity index is 1.44. The number of benzene rings is 2. The molecule has 0 radical (unpaired) electrons. The molecule has 0 atom stereocenters. The molecule has 0 aliphatic carbocycles. The second-order valence-corrected chi connectivity index (χ2v) is 9.47. The van der Waals surface area contributed by atoms with Gasteiger partial charge in [0.25, 0.3) is 11.8 Å². The van der Waals surface area contributed by atoms with Crippen LogP contribution in [0.25, 0.3) is 11.3 Å². The zero-order valence-corrected chi connectivity index (χ0v) is 23.0. The van der Waals surface area contributed by atoms with E-state index < -0.39 is 29.9 Å². The van der Waals surface area contributed by atoms with Crippen LogP contribution in [0.3, 0.4) is 0 Å². The number of hydrogen-bond donors (Lipinski definition) is 2. The number of carbonyl (C=O) groups is 3. The van der Waals surface area contributed by atoms with Crippen molar-refractivity contribution in [2.45, 2.75) is 0 Å². The molecule has 41 heavy (non-hydrogen) atoms. The van der Waals surface area contributed by atoms with Crippen LogP contribution in [0.5, 0.6) is 5.75 Å². The summed E-state index contributed by atoms with van der Waals surface area (Å²) < 4.78 is 35.3. The van der Waals surface area contributed by atoms with Gasteiger partial charge >= 0.3 is 0 Å². The first-order valence-corrected chi connectivity index (χ1v) is 12.9. The molecule has 1 fully saturated rings. The predicted molar refractivity (Wildman–Crippen MR) is 145 cm³/mol. The number of piperazine rings is 1. The van der Waals surface area contributed by atoms with Gasteiger partial charge in [-0.15, -0.1) is 0 Å². The first-order chi connectivity index (χ1) is 19.7. The van der Waals surface area contributed by atoms with Crippen molar-refractivity contribution in [3.05, 3.63) is 64.6 Å². The molecule has 3 amide bonds. The Morgan fingerprint density at radius 3 is 2.46 bits per heavy atom. The quantitative estimate of drug-likeness (QED) is 0.415. The largest absolute Gasteiger partial charge is 0.476 e. The minimum absolute atomic E-state index is 0.0330. The lowest BCUT2D eigenvalue weighted by molar-refractivity contribution is -0.131. The van der Waals surface area contributed by atoms with Gasteiger partial charge in [0.15, 0.2) is 24.0 Å². The van der Waals surface area contributed by atoms with Crippen LogP contribution < -0.4 is 15.4 Å². The van der Waals surface area contributed by atoms with Crippen LogP contribution in [0.4, 0.5) is 14.5 Å². The van der Waals surface area contributed by atoms with E-state index in [4.69, 9.17) is 21.6 Å². The first kappa shape index (κ1) is 29.4. The SMILES string of the molecule is CNCC(=O)N1CCN(C(=O)c2ccc(NC(=O)c3ncc(-c4ccc(OCC#N)c(F)c4F)n3C)cc2Cl)CC1. The molecule has 1 aliphatic heterocycles. The molecule has 214 valence electrons. The van der Waals surface area contributed by atoms with Crippen molar-refractivity contribution in [3.63, 3.8) is 0 Å². The number of hydrogen-bond acceptors (Lipinski definition) is 7. The molecule has 0 saturated carbocycles. The van der Waals surface area contributed by atoms with Crippen molar-refractivity contribution < 1.29 is 27.9 Å². The minimum Gasteiger partial charge on any atom is -0.476 e. The second kappa shape index (κ2) is 12.8.